The van der Waals surface area contributed by atoms with Crippen molar-refractivity contribution in [2.24, 2.45) is 11.7 Å². The molecule has 5 heteroatoms. The summed E-state index contributed by atoms with van der Waals surface area (Å²) in [5.41, 5.74) is 6.12. The van der Waals surface area contributed by atoms with Gasteiger partial charge in [0.2, 0.25) is 11.8 Å². The van der Waals surface area contributed by atoms with Gasteiger partial charge in [-0.15, -0.1) is 0 Å². The molecule has 0 aromatic carbocycles. The number of rotatable bonds is 3. The van der Waals surface area contributed by atoms with Crippen LogP contribution >= 0.6 is 0 Å². The summed E-state index contributed by atoms with van der Waals surface area (Å²) in [5.74, 6) is 0.459. The minimum Gasteiger partial charge on any atom is -0.347 e. The molecular weight excluding hydrogens is 254 g/mol. The second-order valence-corrected chi connectivity index (χ2v) is 6.39. The first kappa shape index (κ1) is 15.3. The number of carbonyl (C=O) groups is 2. The van der Waals surface area contributed by atoms with E-state index in [2.05, 4.69) is 0 Å². The zero-order chi connectivity index (χ0) is 14.7. The Bertz CT molecular complexity index is 370. The summed E-state index contributed by atoms with van der Waals surface area (Å²) in [4.78, 5) is 28.0. The Morgan fingerprint density at radius 2 is 1.85 bits per heavy atom. The first-order valence-electron chi connectivity index (χ1n) is 7.77. The van der Waals surface area contributed by atoms with E-state index in [9.17, 15) is 9.59 Å². The average molecular weight is 281 g/mol. The standard InChI is InChI=1S/C15H27N3O2/c1-17(2)15(20)13-8-5-9-18(13)14(19)10-11-6-3-4-7-12(11)16/h11-13H,3-10,16H2,1-2H3. The Balaban J connectivity index is 1.95. The van der Waals surface area contributed by atoms with Gasteiger partial charge < -0.3 is 15.5 Å². The number of nitrogens with zero attached hydrogens (tertiary/aromatic N) is 2. The molecule has 2 N–H and O–H groups in total. The van der Waals surface area contributed by atoms with E-state index in [-0.39, 0.29) is 23.9 Å². The number of carbonyl (C=O) groups excluding carboxylic acids is 2. The van der Waals surface area contributed by atoms with Gasteiger partial charge in [0.15, 0.2) is 0 Å². The van der Waals surface area contributed by atoms with E-state index >= 15 is 0 Å². The second kappa shape index (κ2) is 6.57. The molecule has 0 radical (unpaired) electrons. The molecular formula is C15H27N3O2. The Hall–Kier alpha value is -1.10. The number of amides is 2. The highest BCUT2D eigenvalue weighted by molar-refractivity contribution is 5.88. The van der Waals surface area contributed by atoms with Crippen LogP contribution in [0.2, 0.25) is 0 Å². The highest BCUT2D eigenvalue weighted by Crippen LogP contribution is 2.28. The van der Waals surface area contributed by atoms with E-state index in [0.29, 0.717) is 18.9 Å². The van der Waals surface area contributed by atoms with Gasteiger partial charge in [-0.05, 0) is 31.6 Å². The van der Waals surface area contributed by atoms with Crippen molar-refractivity contribution in [1.29, 1.82) is 0 Å². The predicted octanol–water partition coefficient (Wildman–Crippen LogP) is 0.973. The molecule has 2 fully saturated rings. The maximum atomic E-state index is 12.5. The van der Waals surface area contributed by atoms with Crippen molar-refractivity contribution in [2.45, 2.75) is 57.0 Å². The van der Waals surface area contributed by atoms with Crippen LogP contribution in [0.25, 0.3) is 0 Å². The van der Waals surface area contributed by atoms with Crippen LogP contribution < -0.4 is 5.73 Å². The fraction of sp³-hybridized carbons (Fsp3) is 0.867. The molecule has 2 amide bonds. The summed E-state index contributed by atoms with van der Waals surface area (Å²) in [6.07, 6.45) is 6.65. The Labute approximate surface area is 121 Å². The van der Waals surface area contributed by atoms with Crippen molar-refractivity contribution in [2.75, 3.05) is 20.6 Å². The van der Waals surface area contributed by atoms with Crippen LogP contribution in [0.5, 0.6) is 0 Å². The van der Waals surface area contributed by atoms with Crippen LogP contribution in [-0.4, -0.2) is 54.3 Å². The highest BCUT2D eigenvalue weighted by atomic mass is 16.2. The summed E-state index contributed by atoms with van der Waals surface area (Å²) < 4.78 is 0. The monoisotopic (exact) mass is 281 g/mol. The van der Waals surface area contributed by atoms with Crippen LogP contribution in [0, 0.1) is 5.92 Å². The van der Waals surface area contributed by atoms with Crippen molar-refractivity contribution < 1.29 is 9.59 Å². The van der Waals surface area contributed by atoms with Crippen LogP contribution in [-0.2, 0) is 9.59 Å². The SMILES string of the molecule is CN(C)C(=O)C1CCCN1C(=O)CC1CCCCC1N. The lowest BCUT2D eigenvalue weighted by molar-refractivity contribution is -0.143. The van der Waals surface area contributed by atoms with Gasteiger partial charge in [0.25, 0.3) is 0 Å². The second-order valence-electron chi connectivity index (χ2n) is 6.39. The zero-order valence-electron chi connectivity index (χ0n) is 12.7. The van der Waals surface area contributed by atoms with E-state index in [1.54, 1.807) is 23.9 Å². The minimum absolute atomic E-state index is 0.0452. The van der Waals surface area contributed by atoms with E-state index in [1.165, 1.54) is 12.8 Å². The van der Waals surface area contributed by atoms with Gasteiger partial charge in [0.1, 0.15) is 6.04 Å². The summed E-state index contributed by atoms with van der Waals surface area (Å²) in [7, 11) is 3.50. The van der Waals surface area contributed by atoms with Crippen LogP contribution in [0.15, 0.2) is 0 Å². The Kier molecular flexibility index (Phi) is 5.02. The molecule has 3 atom stereocenters. The molecule has 0 spiro atoms. The Morgan fingerprint density at radius 1 is 1.15 bits per heavy atom. The van der Waals surface area contributed by atoms with E-state index in [0.717, 1.165) is 25.7 Å². The van der Waals surface area contributed by atoms with Gasteiger partial charge in [-0.2, -0.15) is 0 Å². The van der Waals surface area contributed by atoms with Gasteiger partial charge in [-0.25, -0.2) is 0 Å². The lowest BCUT2D eigenvalue weighted by Gasteiger charge is -2.31. The largest absolute Gasteiger partial charge is 0.347 e. The summed E-state index contributed by atoms with van der Waals surface area (Å²) in [5, 5.41) is 0. The smallest absolute Gasteiger partial charge is 0.244 e. The molecule has 1 aliphatic heterocycles. The van der Waals surface area contributed by atoms with E-state index < -0.39 is 0 Å². The average Bonchev–Trinajstić information content (AvgIpc) is 2.89. The van der Waals surface area contributed by atoms with Gasteiger partial charge in [0.05, 0.1) is 0 Å². The van der Waals surface area contributed by atoms with Crippen LogP contribution in [0.1, 0.15) is 44.9 Å². The number of likely N-dealkylation sites (tertiary alicyclic amines) is 1. The fourth-order valence-electron chi connectivity index (χ4n) is 3.45. The van der Waals surface area contributed by atoms with Crippen molar-refractivity contribution >= 4 is 11.8 Å². The molecule has 0 aromatic heterocycles. The molecule has 20 heavy (non-hydrogen) atoms. The Morgan fingerprint density at radius 3 is 2.50 bits per heavy atom. The van der Waals surface area contributed by atoms with Gasteiger partial charge in [-0.3, -0.25) is 9.59 Å². The normalized spacial score (nSPS) is 30.4. The highest BCUT2D eigenvalue weighted by Gasteiger charge is 2.36. The first-order valence-corrected chi connectivity index (χ1v) is 7.77. The number of nitrogens with two attached hydrogens (primary N) is 1. The van der Waals surface area contributed by atoms with Crippen LogP contribution in [0.3, 0.4) is 0 Å². The number of hydrogen-bond acceptors (Lipinski definition) is 3. The van der Waals surface area contributed by atoms with Gasteiger partial charge in [-0.1, -0.05) is 12.8 Å². The minimum atomic E-state index is -0.252. The molecule has 1 saturated carbocycles. The van der Waals surface area contributed by atoms with Crippen LogP contribution in [0.4, 0.5) is 0 Å². The molecule has 2 aliphatic rings. The predicted molar refractivity (Wildman–Crippen MR) is 78.0 cm³/mol. The molecule has 0 bridgehead atoms. The summed E-state index contributed by atoms with van der Waals surface area (Å²) in [6, 6.07) is -0.101. The molecule has 114 valence electrons. The van der Waals surface area contributed by atoms with Crippen molar-refractivity contribution in [3.05, 3.63) is 0 Å². The molecule has 1 aliphatic carbocycles. The molecule has 1 heterocycles. The third-order valence-corrected chi connectivity index (χ3v) is 4.70. The molecule has 5 nitrogen and oxygen atoms in total. The lowest BCUT2D eigenvalue weighted by atomic mass is 9.82. The van der Waals surface area contributed by atoms with E-state index in [1.807, 2.05) is 0 Å². The maximum absolute atomic E-state index is 12.5. The third-order valence-electron chi connectivity index (χ3n) is 4.70. The number of hydrogen-bond donors (Lipinski definition) is 1. The zero-order valence-corrected chi connectivity index (χ0v) is 12.7. The summed E-state index contributed by atoms with van der Waals surface area (Å²) >= 11 is 0. The van der Waals surface area contributed by atoms with Crippen molar-refractivity contribution in [1.82, 2.24) is 9.80 Å². The van der Waals surface area contributed by atoms with Crippen molar-refractivity contribution in [3.63, 3.8) is 0 Å². The molecule has 3 unspecified atom stereocenters. The topological polar surface area (TPSA) is 66.6 Å². The van der Waals surface area contributed by atoms with Gasteiger partial charge in [0, 0.05) is 33.1 Å². The molecule has 2 rings (SSSR count). The van der Waals surface area contributed by atoms with Crippen molar-refractivity contribution in [3.8, 4) is 0 Å². The molecule has 1 saturated heterocycles. The van der Waals surface area contributed by atoms with Gasteiger partial charge >= 0.3 is 0 Å². The quantitative estimate of drug-likeness (QED) is 0.838. The summed E-state index contributed by atoms with van der Waals surface area (Å²) in [6.45, 7) is 0.713. The van der Waals surface area contributed by atoms with E-state index in [4.69, 9.17) is 5.73 Å². The maximum Gasteiger partial charge on any atom is 0.244 e. The third kappa shape index (κ3) is 3.32. The fourth-order valence-corrected chi connectivity index (χ4v) is 3.45. The number of likely N-dealkylation sites (N-methyl/N-ethyl adjacent to an activating group) is 1. The molecule has 0 aromatic rings. The lowest BCUT2D eigenvalue weighted by Crippen LogP contribution is -2.47. The first-order chi connectivity index (χ1) is 9.50.